The third kappa shape index (κ3) is 3.78. The maximum atomic E-state index is 12.3. The predicted octanol–water partition coefficient (Wildman–Crippen LogP) is 3.61. The third-order valence-corrected chi connectivity index (χ3v) is 4.75. The van der Waals surface area contributed by atoms with Crippen molar-refractivity contribution in [1.29, 1.82) is 0 Å². The molecule has 2 aromatic rings. The first-order valence-corrected chi connectivity index (χ1v) is 8.98. The lowest BCUT2D eigenvalue weighted by Gasteiger charge is -2.37. The summed E-state index contributed by atoms with van der Waals surface area (Å²) in [6, 6.07) is 9.78. The fourth-order valence-electron chi connectivity index (χ4n) is 3.18. The van der Waals surface area contributed by atoms with Crippen LogP contribution in [-0.4, -0.2) is 28.3 Å². The number of carbonyl (C=O) groups is 2. The fourth-order valence-corrected chi connectivity index (χ4v) is 3.56. The van der Waals surface area contributed by atoms with E-state index >= 15 is 0 Å². The molecule has 1 atom stereocenters. The molecule has 0 saturated heterocycles. The van der Waals surface area contributed by atoms with E-state index in [2.05, 4.69) is 5.32 Å². The Kier molecular flexibility index (Phi) is 5.41. The summed E-state index contributed by atoms with van der Waals surface area (Å²) in [7, 11) is 0. The molecule has 27 heavy (non-hydrogen) atoms. The summed E-state index contributed by atoms with van der Waals surface area (Å²) >= 11 is 5.45. The summed E-state index contributed by atoms with van der Waals surface area (Å²) < 4.78 is 10.4. The molecule has 6 nitrogen and oxygen atoms in total. The van der Waals surface area contributed by atoms with E-state index in [1.807, 2.05) is 24.8 Å². The van der Waals surface area contributed by atoms with Crippen LogP contribution in [0.4, 0.5) is 0 Å². The molecule has 0 spiro atoms. The smallest absolute Gasteiger partial charge is 0.379 e. The Labute approximate surface area is 162 Å². The summed E-state index contributed by atoms with van der Waals surface area (Å²) in [6.07, 6.45) is 1.41. The largest absolute Gasteiger partial charge is 0.457 e. The van der Waals surface area contributed by atoms with Gasteiger partial charge >= 0.3 is 5.97 Å². The van der Waals surface area contributed by atoms with Crippen LogP contribution in [-0.2, 0) is 4.79 Å². The van der Waals surface area contributed by atoms with Gasteiger partial charge in [0.25, 0.3) is 0 Å². The molecule has 140 valence electrons. The van der Waals surface area contributed by atoms with Crippen LogP contribution in [0.1, 0.15) is 42.9 Å². The Morgan fingerprint density at radius 2 is 2.07 bits per heavy atom. The molecule has 0 fully saturated rings. The second kappa shape index (κ2) is 7.75. The van der Waals surface area contributed by atoms with E-state index in [0.29, 0.717) is 23.0 Å². The Morgan fingerprint density at radius 1 is 1.30 bits per heavy atom. The minimum Gasteiger partial charge on any atom is -0.457 e. The van der Waals surface area contributed by atoms with Gasteiger partial charge in [-0.3, -0.25) is 4.79 Å². The Bertz CT molecular complexity index is 918. The number of allylic oxidation sites excluding steroid dienone is 1. The first-order valence-electron chi connectivity index (χ1n) is 8.57. The number of nitrogens with one attached hydrogen (secondary N) is 1. The highest BCUT2D eigenvalue weighted by Gasteiger charge is 2.31. The first-order chi connectivity index (χ1) is 12.9. The van der Waals surface area contributed by atoms with Crippen molar-refractivity contribution in [3.63, 3.8) is 0 Å². The van der Waals surface area contributed by atoms with Crippen LogP contribution in [0.15, 0.2) is 58.3 Å². The number of rotatable bonds is 5. The average Bonchev–Trinajstić information content (AvgIpc) is 3.16. The highest BCUT2D eigenvalue weighted by molar-refractivity contribution is 7.80. The number of Topliss-reactive ketones (excluding diaryl/α,β-unsaturated/α-hetero) is 1. The lowest BCUT2D eigenvalue weighted by molar-refractivity contribution is -0.114. The molecule has 3 rings (SSSR count). The predicted molar refractivity (Wildman–Crippen MR) is 104 cm³/mol. The van der Waals surface area contributed by atoms with Gasteiger partial charge in [0.1, 0.15) is 5.75 Å². The molecule has 1 aliphatic heterocycles. The molecule has 0 aliphatic carbocycles. The topological polar surface area (TPSA) is 71.8 Å². The maximum absolute atomic E-state index is 12.3. The van der Waals surface area contributed by atoms with Gasteiger partial charge in [0.2, 0.25) is 5.76 Å². The Balaban J connectivity index is 1.93. The van der Waals surface area contributed by atoms with E-state index in [9.17, 15) is 9.59 Å². The molecule has 1 aromatic carbocycles. The SMILES string of the molecule is CCN1C(=S)NC(c2cccc(OC(=O)c3ccco3)c2)C(C(C)=O)=C1C. The number of ether oxygens (including phenoxy) is 1. The number of hydrogen-bond acceptors (Lipinski definition) is 5. The molecule has 1 aromatic heterocycles. The van der Waals surface area contributed by atoms with Crippen molar-refractivity contribution in [3.05, 3.63) is 65.3 Å². The van der Waals surface area contributed by atoms with Gasteiger partial charge in [-0.2, -0.15) is 0 Å². The molecular weight excluding hydrogens is 364 g/mol. The van der Waals surface area contributed by atoms with Crippen LogP contribution < -0.4 is 10.1 Å². The molecule has 7 heteroatoms. The Hall–Kier alpha value is -2.93. The van der Waals surface area contributed by atoms with Gasteiger partial charge in [0.15, 0.2) is 10.9 Å². The minimum absolute atomic E-state index is 0.0380. The van der Waals surface area contributed by atoms with Crippen LogP contribution in [0, 0.1) is 0 Å². The van der Waals surface area contributed by atoms with Gasteiger partial charge in [0, 0.05) is 17.8 Å². The second-order valence-electron chi connectivity index (χ2n) is 6.12. The van der Waals surface area contributed by atoms with Gasteiger partial charge in [0.05, 0.1) is 12.3 Å². The summed E-state index contributed by atoms with van der Waals surface area (Å²) in [4.78, 5) is 26.3. The van der Waals surface area contributed by atoms with Gasteiger partial charge in [-0.25, -0.2) is 4.79 Å². The molecule has 0 amide bonds. The third-order valence-electron chi connectivity index (χ3n) is 4.42. The van der Waals surface area contributed by atoms with Gasteiger partial charge in [-0.15, -0.1) is 0 Å². The number of nitrogens with zero attached hydrogens (tertiary/aromatic N) is 1. The normalized spacial score (nSPS) is 16.9. The van der Waals surface area contributed by atoms with Crippen LogP contribution >= 0.6 is 12.2 Å². The van der Waals surface area contributed by atoms with Crippen molar-refractivity contribution in [2.24, 2.45) is 0 Å². The molecule has 0 saturated carbocycles. The molecule has 2 heterocycles. The minimum atomic E-state index is -0.583. The van der Waals surface area contributed by atoms with E-state index in [4.69, 9.17) is 21.4 Å². The summed E-state index contributed by atoms with van der Waals surface area (Å²) in [5.41, 5.74) is 2.25. The zero-order valence-electron chi connectivity index (χ0n) is 15.3. The maximum Gasteiger partial charge on any atom is 0.379 e. The van der Waals surface area contributed by atoms with E-state index < -0.39 is 12.0 Å². The van der Waals surface area contributed by atoms with Gasteiger partial charge in [-0.1, -0.05) is 12.1 Å². The number of esters is 1. The molecule has 0 radical (unpaired) electrons. The van der Waals surface area contributed by atoms with E-state index in [-0.39, 0.29) is 11.5 Å². The Morgan fingerprint density at radius 3 is 2.70 bits per heavy atom. The zero-order chi connectivity index (χ0) is 19.6. The van der Waals surface area contributed by atoms with E-state index in [1.54, 1.807) is 24.3 Å². The molecule has 1 aliphatic rings. The second-order valence-corrected chi connectivity index (χ2v) is 6.51. The standard InChI is InChI=1S/C20H20N2O4S/c1-4-22-12(2)17(13(3)23)18(21-20(22)27)14-7-5-8-15(11-14)26-19(24)16-9-6-10-25-16/h5-11,18H,4H2,1-3H3,(H,21,27). The van der Waals surface area contributed by atoms with Gasteiger partial charge in [-0.05, 0) is 62.8 Å². The summed E-state index contributed by atoms with van der Waals surface area (Å²) in [6.45, 7) is 6.07. The first kappa shape index (κ1) is 18.8. The van der Waals surface area contributed by atoms with Crippen LogP contribution in [0.3, 0.4) is 0 Å². The van der Waals surface area contributed by atoms with Crippen molar-refractivity contribution < 1.29 is 18.7 Å². The lowest BCUT2D eigenvalue weighted by Crippen LogP contribution is -2.47. The lowest BCUT2D eigenvalue weighted by atomic mass is 9.92. The van der Waals surface area contributed by atoms with Crippen molar-refractivity contribution in [1.82, 2.24) is 10.2 Å². The van der Waals surface area contributed by atoms with Crippen molar-refractivity contribution in [3.8, 4) is 5.75 Å². The van der Waals surface area contributed by atoms with Crippen molar-refractivity contribution in [2.45, 2.75) is 26.8 Å². The highest BCUT2D eigenvalue weighted by Crippen LogP contribution is 2.32. The quantitative estimate of drug-likeness (QED) is 0.480. The van der Waals surface area contributed by atoms with Crippen molar-refractivity contribution in [2.75, 3.05) is 6.54 Å². The van der Waals surface area contributed by atoms with Crippen molar-refractivity contribution >= 4 is 29.1 Å². The van der Waals surface area contributed by atoms with E-state index in [0.717, 1.165) is 11.3 Å². The molecular formula is C20H20N2O4S. The summed E-state index contributed by atoms with van der Waals surface area (Å²) in [5, 5.41) is 3.78. The average molecular weight is 384 g/mol. The monoisotopic (exact) mass is 384 g/mol. The number of ketones is 1. The molecule has 1 N–H and O–H groups in total. The highest BCUT2D eigenvalue weighted by atomic mass is 32.1. The number of furan rings is 1. The fraction of sp³-hybridized carbons (Fsp3) is 0.250. The van der Waals surface area contributed by atoms with Gasteiger partial charge < -0.3 is 19.4 Å². The number of hydrogen-bond donors (Lipinski definition) is 1. The molecule has 0 bridgehead atoms. The van der Waals surface area contributed by atoms with Crippen LogP contribution in [0.5, 0.6) is 5.75 Å². The van der Waals surface area contributed by atoms with E-state index in [1.165, 1.54) is 19.3 Å². The number of carbonyl (C=O) groups excluding carboxylic acids is 2. The number of benzene rings is 1. The van der Waals surface area contributed by atoms with Crippen LogP contribution in [0.2, 0.25) is 0 Å². The number of thiocarbonyl (C=S) groups is 1. The molecule has 1 unspecified atom stereocenters. The van der Waals surface area contributed by atoms with Crippen LogP contribution in [0.25, 0.3) is 0 Å². The summed E-state index contributed by atoms with van der Waals surface area (Å²) in [5.74, 6) is -0.139. The zero-order valence-corrected chi connectivity index (χ0v) is 16.1.